The van der Waals surface area contributed by atoms with E-state index in [1.54, 1.807) is 12.1 Å². The van der Waals surface area contributed by atoms with Crippen LogP contribution in [0.4, 0.5) is 10.2 Å². The summed E-state index contributed by atoms with van der Waals surface area (Å²) >= 11 is 0. The van der Waals surface area contributed by atoms with Crippen LogP contribution in [0.2, 0.25) is 0 Å². The van der Waals surface area contributed by atoms with Crippen LogP contribution in [0, 0.1) is 19.7 Å². The number of hydrogen-bond donors (Lipinski definition) is 1. The lowest BCUT2D eigenvalue weighted by Gasteiger charge is -2.15. The van der Waals surface area contributed by atoms with Crippen LogP contribution in [0.3, 0.4) is 0 Å². The molecule has 0 unspecified atom stereocenters. The van der Waals surface area contributed by atoms with E-state index in [0.717, 1.165) is 53.4 Å². The first kappa shape index (κ1) is 14.0. The molecule has 0 saturated heterocycles. The van der Waals surface area contributed by atoms with E-state index in [1.807, 2.05) is 20.8 Å². The fraction of sp³-hybridized carbons (Fsp3) is 0.412. The van der Waals surface area contributed by atoms with Crippen molar-refractivity contribution in [2.24, 2.45) is 0 Å². The largest absolute Gasteiger partial charge is 0.370 e. The lowest BCUT2D eigenvalue weighted by atomic mass is 10.0. The number of benzene rings is 1. The molecule has 1 heterocycles. The summed E-state index contributed by atoms with van der Waals surface area (Å²) in [7, 11) is 0. The second-order valence-corrected chi connectivity index (χ2v) is 5.67. The van der Waals surface area contributed by atoms with Gasteiger partial charge in [0, 0.05) is 23.6 Å². The van der Waals surface area contributed by atoms with E-state index in [-0.39, 0.29) is 5.82 Å². The van der Waals surface area contributed by atoms with Gasteiger partial charge in [-0.2, -0.15) is 0 Å². The van der Waals surface area contributed by atoms with Gasteiger partial charge in [-0.05, 0) is 51.3 Å². The summed E-state index contributed by atoms with van der Waals surface area (Å²) in [4.78, 5) is 9.38. The summed E-state index contributed by atoms with van der Waals surface area (Å²) < 4.78 is 13.6. The molecule has 0 spiro atoms. The highest BCUT2D eigenvalue weighted by atomic mass is 19.1. The Kier molecular flexibility index (Phi) is 3.62. The zero-order chi connectivity index (χ0) is 15.0. The Morgan fingerprint density at radius 1 is 1.24 bits per heavy atom. The van der Waals surface area contributed by atoms with Crippen molar-refractivity contribution < 1.29 is 4.39 Å². The van der Waals surface area contributed by atoms with E-state index >= 15 is 0 Å². The number of hydrogen-bond acceptors (Lipinski definition) is 3. The lowest BCUT2D eigenvalue weighted by molar-refractivity contribution is 0.628. The van der Waals surface area contributed by atoms with Gasteiger partial charge in [0.25, 0.3) is 0 Å². The predicted octanol–water partition coefficient (Wildman–Crippen LogP) is 4.21. The molecule has 0 bridgehead atoms. The topological polar surface area (TPSA) is 37.8 Å². The lowest BCUT2D eigenvalue weighted by Crippen LogP contribution is -2.08. The van der Waals surface area contributed by atoms with Gasteiger partial charge in [0.2, 0.25) is 0 Å². The summed E-state index contributed by atoms with van der Waals surface area (Å²) in [6, 6.07) is 4.86. The minimum Gasteiger partial charge on any atom is -0.370 e. The van der Waals surface area contributed by atoms with Crippen molar-refractivity contribution in [3.63, 3.8) is 0 Å². The maximum atomic E-state index is 13.6. The van der Waals surface area contributed by atoms with Gasteiger partial charge in [-0.3, -0.25) is 0 Å². The predicted molar refractivity (Wildman–Crippen MR) is 83.0 cm³/mol. The number of nitrogens with zero attached hydrogens (tertiary/aromatic N) is 2. The van der Waals surface area contributed by atoms with Crippen molar-refractivity contribution in [3.8, 4) is 11.3 Å². The summed E-state index contributed by atoms with van der Waals surface area (Å²) in [5.74, 6) is 1.99. The van der Waals surface area contributed by atoms with Crippen LogP contribution in [-0.2, 0) is 0 Å². The van der Waals surface area contributed by atoms with Crippen LogP contribution in [0.1, 0.15) is 42.6 Å². The van der Waals surface area contributed by atoms with Crippen molar-refractivity contribution in [1.82, 2.24) is 9.97 Å². The minimum atomic E-state index is -0.230. The molecule has 21 heavy (non-hydrogen) atoms. The molecule has 1 saturated carbocycles. The highest BCUT2D eigenvalue weighted by molar-refractivity contribution is 5.71. The first-order valence-electron chi connectivity index (χ1n) is 7.49. The Bertz CT molecular complexity index is 678. The zero-order valence-electron chi connectivity index (χ0n) is 12.7. The normalized spacial score (nSPS) is 14.3. The van der Waals surface area contributed by atoms with E-state index in [4.69, 9.17) is 4.98 Å². The van der Waals surface area contributed by atoms with Gasteiger partial charge in [-0.1, -0.05) is 6.07 Å². The fourth-order valence-electron chi connectivity index (χ4n) is 2.51. The summed E-state index contributed by atoms with van der Waals surface area (Å²) in [6.07, 6.45) is 2.30. The van der Waals surface area contributed by atoms with Crippen molar-refractivity contribution in [1.29, 1.82) is 0 Å². The van der Waals surface area contributed by atoms with Crippen LogP contribution in [0.25, 0.3) is 11.3 Å². The SMILES string of the molecule is CCNc1nc(C2CC2)nc(-c2cc(F)ccc2C)c1C. The Morgan fingerprint density at radius 3 is 2.67 bits per heavy atom. The number of nitrogens with one attached hydrogen (secondary N) is 1. The monoisotopic (exact) mass is 285 g/mol. The number of anilines is 1. The maximum Gasteiger partial charge on any atom is 0.134 e. The number of halogens is 1. The molecule has 1 aromatic carbocycles. The average molecular weight is 285 g/mol. The molecule has 4 heteroatoms. The maximum absolute atomic E-state index is 13.6. The first-order chi connectivity index (χ1) is 10.1. The second-order valence-electron chi connectivity index (χ2n) is 5.67. The van der Waals surface area contributed by atoms with Crippen LogP contribution < -0.4 is 5.32 Å². The van der Waals surface area contributed by atoms with E-state index in [2.05, 4.69) is 10.3 Å². The molecule has 0 radical (unpaired) electrons. The van der Waals surface area contributed by atoms with Gasteiger partial charge in [0.15, 0.2) is 0 Å². The summed E-state index contributed by atoms with van der Waals surface area (Å²) in [6.45, 7) is 6.84. The third-order valence-electron chi connectivity index (χ3n) is 3.90. The molecule has 1 fully saturated rings. The van der Waals surface area contributed by atoms with Crippen LogP contribution in [0.15, 0.2) is 18.2 Å². The van der Waals surface area contributed by atoms with E-state index in [0.29, 0.717) is 5.92 Å². The second kappa shape index (κ2) is 5.43. The molecule has 2 aromatic rings. The zero-order valence-corrected chi connectivity index (χ0v) is 12.7. The number of aromatic nitrogens is 2. The molecule has 110 valence electrons. The van der Waals surface area contributed by atoms with E-state index in [9.17, 15) is 4.39 Å². The standard InChI is InChI=1S/C17H20FN3/c1-4-19-16-11(3)15(20-17(21-16)12-6-7-12)14-9-13(18)8-5-10(14)2/h5,8-9,12H,4,6-7H2,1-3H3,(H,19,20,21). The quantitative estimate of drug-likeness (QED) is 0.914. The summed E-state index contributed by atoms with van der Waals surface area (Å²) in [5, 5.41) is 3.30. The van der Waals surface area contributed by atoms with Crippen molar-refractivity contribution >= 4 is 5.82 Å². The Labute approximate surface area is 124 Å². The van der Waals surface area contributed by atoms with Crippen LogP contribution in [-0.4, -0.2) is 16.5 Å². The molecule has 3 nitrogen and oxygen atoms in total. The van der Waals surface area contributed by atoms with Crippen LogP contribution >= 0.6 is 0 Å². The van der Waals surface area contributed by atoms with E-state index in [1.165, 1.54) is 6.07 Å². The van der Waals surface area contributed by atoms with Crippen molar-refractivity contribution in [2.45, 2.75) is 39.5 Å². The first-order valence-corrected chi connectivity index (χ1v) is 7.49. The number of aryl methyl sites for hydroxylation is 1. The Hall–Kier alpha value is -1.97. The fourth-order valence-corrected chi connectivity index (χ4v) is 2.51. The smallest absolute Gasteiger partial charge is 0.134 e. The highest BCUT2D eigenvalue weighted by Crippen LogP contribution is 2.40. The molecular formula is C17H20FN3. The molecule has 1 aromatic heterocycles. The van der Waals surface area contributed by atoms with Crippen LogP contribution in [0.5, 0.6) is 0 Å². The Balaban J connectivity index is 2.17. The molecule has 0 aliphatic heterocycles. The van der Waals surface area contributed by atoms with Gasteiger partial charge < -0.3 is 5.32 Å². The van der Waals surface area contributed by atoms with Gasteiger partial charge >= 0.3 is 0 Å². The minimum absolute atomic E-state index is 0.230. The van der Waals surface area contributed by atoms with Crippen molar-refractivity contribution in [2.75, 3.05) is 11.9 Å². The van der Waals surface area contributed by atoms with E-state index < -0.39 is 0 Å². The van der Waals surface area contributed by atoms with Gasteiger partial charge in [-0.25, -0.2) is 14.4 Å². The summed E-state index contributed by atoms with van der Waals surface area (Å²) in [5.41, 5.74) is 3.72. The molecule has 0 amide bonds. The molecule has 1 aliphatic rings. The molecule has 3 rings (SSSR count). The Morgan fingerprint density at radius 2 is 2.00 bits per heavy atom. The third-order valence-corrected chi connectivity index (χ3v) is 3.90. The number of rotatable bonds is 4. The molecule has 0 atom stereocenters. The van der Waals surface area contributed by atoms with Gasteiger partial charge in [0.05, 0.1) is 5.69 Å². The molecular weight excluding hydrogens is 265 g/mol. The highest BCUT2D eigenvalue weighted by Gasteiger charge is 2.28. The van der Waals surface area contributed by atoms with Gasteiger partial charge in [0.1, 0.15) is 17.5 Å². The third kappa shape index (κ3) is 2.75. The molecule has 1 aliphatic carbocycles. The van der Waals surface area contributed by atoms with Gasteiger partial charge in [-0.15, -0.1) is 0 Å². The van der Waals surface area contributed by atoms with Crippen molar-refractivity contribution in [3.05, 3.63) is 41.0 Å². The average Bonchev–Trinajstić information content (AvgIpc) is 3.29. The molecule has 1 N–H and O–H groups in total.